The number of nitrogens with one attached hydrogen (secondary N) is 2. The smallest absolute Gasteiger partial charge is 0.246 e. The SMILES string of the molecule is COCC(=O)NC(C)c1cnc[nH]1.Cl. The number of aromatic amines is 1. The van der Waals surface area contributed by atoms with E-state index in [4.69, 9.17) is 0 Å². The van der Waals surface area contributed by atoms with Crippen LogP contribution in [0, 0.1) is 0 Å². The summed E-state index contributed by atoms with van der Waals surface area (Å²) in [6.45, 7) is 1.96. The largest absolute Gasteiger partial charge is 0.375 e. The van der Waals surface area contributed by atoms with E-state index in [9.17, 15) is 4.79 Å². The Morgan fingerprint density at radius 2 is 2.50 bits per heavy atom. The molecule has 80 valence electrons. The van der Waals surface area contributed by atoms with E-state index in [0.29, 0.717) is 0 Å². The molecule has 0 aliphatic carbocycles. The molecule has 1 rings (SSSR count). The Balaban J connectivity index is 0.00000169. The number of imidazole rings is 1. The lowest BCUT2D eigenvalue weighted by atomic mass is 10.2. The molecule has 1 amide bonds. The van der Waals surface area contributed by atoms with Crippen LogP contribution in [-0.4, -0.2) is 29.6 Å². The highest BCUT2D eigenvalue weighted by Crippen LogP contribution is 2.06. The lowest BCUT2D eigenvalue weighted by Crippen LogP contribution is -2.29. The van der Waals surface area contributed by atoms with Crippen molar-refractivity contribution >= 4 is 18.3 Å². The van der Waals surface area contributed by atoms with Gasteiger partial charge in [-0.3, -0.25) is 4.79 Å². The van der Waals surface area contributed by atoms with E-state index in [1.54, 1.807) is 12.5 Å². The van der Waals surface area contributed by atoms with Gasteiger partial charge in [0.2, 0.25) is 5.91 Å². The monoisotopic (exact) mass is 219 g/mol. The Kier molecular flexibility index (Phi) is 5.91. The first-order valence-electron chi connectivity index (χ1n) is 4.00. The van der Waals surface area contributed by atoms with Gasteiger partial charge >= 0.3 is 0 Å². The fraction of sp³-hybridized carbons (Fsp3) is 0.500. The van der Waals surface area contributed by atoms with Crippen molar-refractivity contribution in [2.75, 3.05) is 13.7 Å². The lowest BCUT2D eigenvalue weighted by molar-refractivity contribution is -0.125. The van der Waals surface area contributed by atoms with E-state index in [2.05, 4.69) is 20.0 Å². The molecule has 1 atom stereocenters. The van der Waals surface area contributed by atoms with Crippen molar-refractivity contribution in [3.63, 3.8) is 0 Å². The summed E-state index contributed by atoms with van der Waals surface area (Å²) in [7, 11) is 1.49. The van der Waals surface area contributed by atoms with Crippen molar-refractivity contribution < 1.29 is 9.53 Å². The number of H-pyrrole nitrogens is 1. The number of methoxy groups -OCH3 is 1. The number of halogens is 1. The maximum Gasteiger partial charge on any atom is 0.246 e. The summed E-state index contributed by atoms with van der Waals surface area (Å²) in [5, 5.41) is 2.75. The van der Waals surface area contributed by atoms with Crippen LogP contribution in [0.3, 0.4) is 0 Å². The quantitative estimate of drug-likeness (QED) is 0.782. The molecule has 0 aromatic carbocycles. The first-order chi connectivity index (χ1) is 6.24. The van der Waals surface area contributed by atoms with E-state index in [-0.39, 0.29) is 31.0 Å². The Morgan fingerprint density at radius 3 is 3.00 bits per heavy atom. The highest BCUT2D eigenvalue weighted by atomic mass is 35.5. The highest BCUT2D eigenvalue weighted by molar-refractivity contribution is 5.85. The van der Waals surface area contributed by atoms with Gasteiger partial charge in [-0.1, -0.05) is 0 Å². The van der Waals surface area contributed by atoms with Gasteiger partial charge in [0.05, 0.1) is 24.3 Å². The van der Waals surface area contributed by atoms with E-state index in [0.717, 1.165) is 5.69 Å². The molecule has 1 heterocycles. The molecule has 6 heteroatoms. The molecule has 0 aliphatic heterocycles. The summed E-state index contributed by atoms with van der Waals surface area (Å²) in [5.41, 5.74) is 0.879. The van der Waals surface area contributed by atoms with Crippen LogP contribution in [-0.2, 0) is 9.53 Å². The molecular formula is C8H14ClN3O2. The number of amides is 1. The van der Waals surface area contributed by atoms with Crippen LogP contribution < -0.4 is 5.32 Å². The fourth-order valence-electron chi connectivity index (χ4n) is 0.995. The van der Waals surface area contributed by atoms with Crippen molar-refractivity contribution in [2.24, 2.45) is 0 Å². The molecule has 14 heavy (non-hydrogen) atoms. The molecule has 1 unspecified atom stereocenters. The number of carbonyl (C=O) groups is 1. The van der Waals surface area contributed by atoms with Crippen LogP contribution >= 0.6 is 12.4 Å². The van der Waals surface area contributed by atoms with Crippen LogP contribution in [0.4, 0.5) is 0 Å². The second-order valence-corrected chi connectivity index (χ2v) is 2.73. The van der Waals surface area contributed by atoms with Gasteiger partial charge in [-0.2, -0.15) is 0 Å². The van der Waals surface area contributed by atoms with Crippen LogP contribution in [0.2, 0.25) is 0 Å². The van der Waals surface area contributed by atoms with Crippen LogP contribution in [0.5, 0.6) is 0 Å². The van der Waals surface area contributed by atoms with Gasteiger partial charge in [0.25, 0.3) is 0 Å². The highest BCUT2D eigenvalue weighted by Gasteiger charge is 2.09. The Labute approximate surface area is 88.7 Å². The topological polar surface area (TPSA) is 67.0 Å². The first kappa shape index (κ1) is 12.9. The average molecular weight is 220 g/mol. The molecular weight excluding hydrogens is 206 g/mol. The molecule has 0 fully saturated rings. The van der Waals surface area contributed by atoms with Crippen LogP contribution in [0.25, 0.3) is 0 Å². The van der Waals surface area contributed by atoms with Gasteiger partial charge in [-0.15, -0.1) is 12.4 Å². The van der Waals surface area contributed by atoms with E-state index >= 15 is 0 Å². The standard InChI is InChI=1S/C8H13N3O2.ClH/c1-6(7-3-9-5-10-7)11-8(12)4-13-2;/h3,5-6H,4H2,1-2H3,(H,9,10)(H,11,12);1H. The van der Waals surface area contributed by atoms with Gasteiger partial charge in [-0.05, 0) is 6.92 Å². The Morgan fingerprint density at radius 1 is 1.79 bits per heavy atom. The van der Waals surface area contributed by atoms with Gasteiger partial charge < -0.3 is 15.0 Å². The summed E-state index contributed by atoms with van der Waals surface area (Å²) in [5.74, 6) is -0.135. The summed E-state index contributed by atoms with van der Waals surface area (Å²) >= 11 is 0. The number of hydrogen-bond donors (Lipinski definition) is 2. The molecule has 0 saturated carbocycles. The van der Waals surface area contributed by atoms with Crippen molar-refractivity contribution in [1.29, 1.82) is 0 Å². The first-order valence-corrected chi connectivity index (χ1v) is 4.00. The predicted octanol–water partition coefficient (Wildman–Crippen LogP) is 0.655. The number of ether oxygens (including phenoxy) is 1. The van der Waals surface area contributed by atoms with Crippen molar-refractivity contribution in [3.05, 3.63) is 18.2 Å². The number of nitrogens with zero attached hydrogens (tertiary/aromatic N) is 1. The van der Waals surface area contributed by atoms with Crippen molar-refractivity contribution in [3.8, 4) is 0 Å². The van der Waals surface area contributed by atoms with Gasteiger partial charge in [-0.25, -0.2) is 4.98 Å². The minimum absolute atomic E-state index is 0. The van der Waals surface area contributed by atoms with E-state index in [1.807, 2.05) is 6.92 Å². The third-order valence-corrected chi connectivity index (χ3v) is 1.64. The Bertz CT molecular complexity index is 264. The van der Waals surface area contributed by atoms with E-state index in [1.165, 1.54) is 7.11 Å². The predicted molar refractivity (Wildman–Crippen MR) is 54.3 cm³/mol. The number of aromatic nitrogens is 2. The van der Waals surface area contributed by atoms with Crippen molar-refractivity contribution in [2.45, 2.75) is 13.0 Å². The molecule has 0 saturated heterocycles. The van der Waals surface area contributed by atoms with Gasteiger partial charge in [0.15, 0.2) is 0 Å². The summed E-state index contributed by atoms with van der Waals surface area (Å²) < 4.78 is 4.68. The molecule has 0 spiro atoms. The maximum absolute atomic E-state index is 11.1. The Hall–Kier alpha value is -1.07. The molecule has 2 N–H and O–H groups in total. The lowest BCUT2D eigenvalue weighted by Gasteiger charge is -2.10. The zero-order valence-corrected chi connectivity index (χ0v) is 8.93. The molecule has 0 bridgehead atoms. The zero-order valence-electron chi connectivity index (χ0n) is 8.11. The molecule has 5 nitrogen and oxygen atoms in total. The van der Waals surface area contributed by atoms with Crippen LogP contribution in [0.1, 0.15) is 18.7 Å². The summed E-state index contributed by atoms with van der Waals surface area (Å²) in [4.78, 5) is 17.9. The fourth-order valence-corrected chi connectivity index (χ4v) is 0.995. The third-order valence-electron chi connectivity index (χ3n) is 1.64. The van der Waals surface area contributed by atoms with Gasteiger partial charge in [0, 0.05) is 7.11 Å². The molecule has 1 aromatic rings. The second kappa shape index (κ2) is 6.39. The van der Waals surface area contributed by atoms with E-state index < -0.39 is 0 Å². The van der Waals surface area contributed by atoms with Crippen LogP contribution in [0.15, 0.2) is 12.5 Å². The minimum atomic E-state index is -0.135. The maximum atomic E-state index is 11.1. The van der Waals surface area contributed by atoms with Crippen molar-refractivity contribution in [1.82, 2.24) is 15.3 Å². The second-order valence-electron chi connectivity index (χ2n) is 2.73. The van der Waals surface area contributed by atoms with Gasteiger partial charge in [0.1, 0.15) is 6.61 Å². The normalized spacial score (nSPS) is 11.6. The average Bonchev–Trinajstić information content (AvgIpc) is 2.55. The number of hydrogen-bond acceptors (Lipinski definition) is 3. The molecule has 0 aliphatic rings. The third kappa shape index (κ3) is 3.76. The molecule has 0 radical (unpaired) electrons. The summed E-state index contributed by atoms with van der Waals surface area (Å²) in [6.07, 6.45) is 3.26. The zero-order chi connectivity index (χ0) is 9.68. The number of rotatable bonds is 4. The minimum Gasteiger partial charge on any atom is -0.375 e. The number of carbonyl (C=O) groups excluding carboxylic acids is 1. The molecule has 1 aromatic heterocycles. The summed E-state index contributed by atoms with van der Waals surface area (Å²) in [6, 6.07) is -0.0647.